The molecule has 2 unspecified atom stereocenters. The number of dihydropyridines is 1. The van der Waals surface area contributed by atoms with Crippen molar-refractivity contribution in [3.05, 3.63) is 64.3 Å². The van der Waals surface area contributed by atoms with Crippen LogP contribution in [0, 0.1) is 6.92 Å². The Labute approximate surface area is 133 Å². The van der Waals surface area contributed by atoms with Crippen molar-refractivity contribution >= 4 is 11.6 Å². The number of nitrogens with one attached hydrogen (secondary N) is 2. The number of ether oxygens (including phenoxy) is 2. The van der Waals surface area contributed by atoms with Gasteiger partial charge < -0.3 is 25.2 Å². The SMILES string of the molecule is COC(O)C1=C2NC(Oc3ccc(Cl)c(C)c3)=CC2NC=C1. The van der Waals surface area contributed by atoms with Crippen LogP contribution in [0.5, 0.6) is 5.75 Å². The van der Waals surface area contributed by atoms with Crippen LogP contribution in [0.1, 0.15) is 5.56 Å². The van der Waals surface area contributed by atoms with Gasteiger partial charge >= 0.3 is 0 Å². The molecule has 3 N–H and O–H groups in total. The monoisotopic (exact) mass is 320 g/mol. The maximum Gasteiger partial charge on any atom is 0.196 e. The molecule has 2 aliphatic rings. The molecule has 0 spiro atoms. The topological polar surface area (TPSA) is 62.8 Å². The van der Waals surface area contributed by atoms with E-state index in [1.54, 1.807) is 18.3 Å². The molecule has 0 saturated heterocycles. The van der Waals surface area contributed by atoms with Crippen LogP contribution in [0.25, 0.3) is 0 Å². The van der Waals surface area contributed by atoms with Gasteiger partial charge in [0.25, 0.3) is 0 Å². The van der Waals surface area contributed by atoms with Crippen LogP contribution in [0.4, 0.5) is 0 Å². The molecule has 1 aromatic rings. The first-order valence-corrected chi connectivity index (χ1v) is 7.26. The van der Waals surface area contributed by atoms with E-state index in [1.165, 1.54) is 7.11 Å². The molecule has 22 heavy (non-hydrogen) atoms. The molecule has 0 radical (unpaired) electrons. The number of hydrogen-bond donors (Lipinski definition) is 3. The van der Waals surface area contributed by atoms with Crippen LogP contribution in [-0.4, -0.2) is 24.5 Å². The molecule has 0 aromatic heterocycles. The Kier molecular flexibility index (Phi) is 4.11. The molecule has 0 bridgehead atoms. The third kappa shape index (κ3) is 2.83. The lowest BCUT2D eigenvalue weighted by Crippen LogP contribution is -2.33. The average molecular weight is 321 g/mol. The normalized spacial score (nSPS) is 20.9. The van der Waals surface area contributed by atoms with Crippen LogP contribution in [0.15, 0.2) is 53.7 Å². The van der Waals surface area contributed by atoms with Gasteiger partial charge in [0, 0.05) is 23.8 Å². The molecular weight excluding hydrogens is 304 g/mol. The Morgan fingerprint density at radius 2 is 2.18 bits per heavy atom. The fraction of sp³-hybridized carbons (Fsp3) is 0.250. The summed E-state index contributed by atoms with van der Waals surface area (Å²) in [6, 6.07) is 5.41. The highest BCUT2D eigenvalue weighted by Crippen LogP contribution is 2.27. The van der Waals surface area contributed by atoms with E-state index in [0.29, 0.717) is 22.2 Å². The van der Waals surface area contributed by atoms with Crippen LogP contribution < -0.4 is 15.4 Å². The molecule has 2 heterocycles. The highest BCUT2D eigenvalue weighted by atomic mass is 35.5. The molecule has 1 aromatic carbocycles. The molecule has 0 fully saturated rings. The van der Waals surface area contributed by atoms with E-state index in [0.717, 1.165) is 11.3 Å². The Morgan fingerprint density at radius 3 is 2.91 bits per heavy atom. The van der Waals surface area contributed by atoms with Crippen molar-refractivity contribution in [2.45, 2.75) is 19.3 Å². The Morgan fingerprint density at radius 1 is 1.36 bits per heavy atom. The van der Waals surface area contributed by atoms with E-state index in [4.69, 9.17) is 21.1 Å². The van der Waals surface area contributed by atoms with Gasteiger partial charge in [-0.25, -0.2) is 0 Å². The number of rotatable bonds is 4. The van der Waals surface area contributed by atoms with Crippen LogP contribution in [0.3, 0.4) is 0 Å². The first-order chi connectivity index (χ1) is 10.6. The summed E-state index contributed by atoms with van der Waals surface area (Å²) in [5.41, 5.74) is 2.44. The minimum atomic E-state index is -0.978. The highest BCUT2D eigenvalue weighted by molar-refractivity contribution is 6.31. The van der Waals surface area contributed by atoms with Gasteiger partial charge in [0.1, 0.15) is 5.75 Å². The van der Waals surface area contributed by atoms with Gasteiger partial charge in [-0.15, -0.1) is 0 Å². The zero-order valence-corrected chi connectivity index (χ0v) is 13.0. The minimum Gasteiger partial charge on any atom is -0.441 e. The molecule has 3 rings (SSSR count). The van der Waals surface area contributed by atoms with E-state index < -0.39 is 6.29 Å². The van der Waals surface area contributed by atoms with Crippen molar-refractivity contribution in [2.24, 2.45) is 0 Å². The van der Waals surface area contributed by atoms with Gasteiger partial charge in [-0.2, -0.15) is 0 Å². The Bertz CT molecular complexity index is 682. The molecule has 2 aliphatic heterocycles. The first-order valence-electron chi connectivity index (χ1n) is 6.89. The van der Waals surface area contributed by atoms with Crippen LogP contribution in [-0.2, 0) is 4.74 Å². The van der Waals surface area contributed by atoms with Crippen molar-refractivity contribution in [1.82, 2.24) is 10.6 Å². The quantitative estimate of drug-likeness (QED) is 0.742. The summed E-state index contributed by atoms with van der Waals surface area (Å²) in [7, 11) is 1.46. The van der Waals surface area contributed by atoms with Gasteiger partial charge in [0.05, 0.1) is 11.7 Å². The molecule has 116 valence electrons. The lowest BCUT2D eigenvalue weighted by atomic mass is 10.1. The summed E-state index contributed by atoms with van der Waals surface area (Å²) < 4.78 is 10.8. The molecule has 0 saturated carbocycles. The number of aliphatic hydroxyl groups excluding tert-OH is 1. The highest BCUT2D eigenvalue weighted by Gasteiger charge is 2.29. The summed E-state index contributed by atoms with van der Waals surface area (Å²) in [6.07, 6.45) is 4.48. The third-order valence-electron chi connectivity index (χ3n) is 3.58. The molecule has 0 amide bonds. The summed E-state index contributed by atoms with van der Waals surface area (Å²) in [5, 5.41) is 17.0. The number of benzene rings is 1. The zero-order valence-electron chi connectivity index (χ0n) is 12.3. The van der Waals surface area contributed by atoms with E-state index in [-0.39, 0.29) is 6.04 Å². The third-order valence-corrected chi connectivity index (χ3v) is 4.01. The standard InChI is InChI=1S/C16H17ClN2O3/c1-9-7-10(3-4-12(9)17)22-14-8-13-15(19-14)11(5-6-18-13)16(20)21-2/h3-8,13,16,18-20H,1-2H3. The number of aliphatic hydroxyl groups is 1. The van der Waals surface area contributed by atoms with E-state index >= 15 is 0 Å². The predicted octanol–water partition coefficient (Wildman–Crippen LogP) is 2.18. The number of halogens is 1. The molecule has 5 nitrogen and oxygen atoms in total. The van der Waals surface area contributed by atoms with Crippen molar-refractivity contribution in [3.63, 3.8) is 0 Å². The van der Waals surface area contributed by atoms with Crippen molar-refractivity contribution in [3.8, 4) is 5.75 Å². The number of fused-ring (bicyclic) bond motifs is 1. The smallest absolute Gasteiger partial charge is 0.196 e. The summed E-state index contributed by atoms with van der Waals surface area (Å²) in [6.45, 7) is 1.92. The Hall–Kier alpha value is -1.95. The molecular formula is C16H17ClN2O3. The van der Waals surface area contributed by atoms with E-state index in [9.17, 15) is 5.11 Å². The Balaban J connectivity index is 1.79. The second-order valence-corrected chi connectivity index (χ2v) is 5.51. The van der Waals surface area contributed by atoms with Gasteiger partial charge in [-0.3, -0.25) is 0 Å². The number of hydrogen-bond acceptors (Lipinski definition) is 5. The number of methoxy groups -OCH3 is 1. The van der Waals surface area contributed by atoms with Gasteiger partial charge in [-0.1, -0.05) is 11.6 Å². The van der Waals surface area contributed by atoms with Crippen LogP contribution >= 0.6 is 11.6 Å². The van der Waals surface area contributed by atoms with Crippen molar-refractivity contribution in [2.75, 3.05) is 7.11 Å². The second-order valence-electron chi connectivity index (χ2n) is 5.10. The lowest BCUT2D eigenvalue weighted by Gasteiger charge is -2.22. The number of aryl methyl sites for hydroxylation is 1. The predicted molar refractivity (Wildman–Crippen MR) is 84.1 cm³/mol. The maximum atomic E-state index is 9.89. The maximum absolute atomic E-state index is 9.89. The van der Waals surface area contributed by atoms with Gasteiger partial charge in [-0.05, 0) is 43.0 Å². The average Bonchev–Trinajstić information content (AvgIpc) is 2.92. The molecule has 0 aliphatic carbocycles. The lowest BCUT2D eigenvalue weighted by molar-refractivity contribution is -0.0433. The fourth-order valence-corrected chi connectivity index (χ4v) is 2.53. The minimum absolute atomic E-state index is 0.0757. The first kappa shape index (κ1) is 15.0. The fourth-order valence-electron chi connectivity index (χ4n) is 2.41. The summed E-state index contributed by atoms with van der Waals surface area (Å²) in [5.74, 6) is 1.29. The molecule has 6 heteroatoms. The second kappa shape index (κ2) is 6.04. The zero-order chi connectivity index (χ0) is 15.7. The van der Waals surface area contributed by atoms with Crippen molar-refractivity contribution < 1.29 is 14.6 Å². The van der Waals surface area contributed by atoms with E-state index in [2.05, 4.69) is 10.6 Å². The largest absolute Gasteiger partial charge is 0.441 e. The van der Waals surface area contributed by atoms with Crippen molar-refractivity contribution in [1.29, 1.82) is 0 Å². The van der Waals surface area contributed by atoms with E-state index in [1.807, 2.05) is 25.1 Å². The van der Waals surface area contributed by atoms with Gasteiger partial charge in [0.2, 0.25) is 0 Å². The summed E-state index contributed by atoms with van der Waals surface area (Å²) >= 11 is 6.01. The summed E-state index contributed by atoms with van der Waals surface area (Å²) in [4.78, 5) is 0. The van der Waals surface area contributed by atoms with Gasteiger partial charge in [0.15, 0.2) is 12.2 Å². The van der Waals surface area contributed by atoms with Crippen LogP contribution in [0.2, 0.25) is 5.02 Å². The molecule has 2 atom stereocenters.